The first-order valence-corrected chi connectivity index (χ1v) is 9.76. The van der Waals surface area contributed by atoms with Crippen molar-refractivity contribution in [2.75, 3.05) is 10.0 Å². The molecular weight excluding hydrogens is 361 g/mol. The highest BCUT2D eigenvalue weighted by Gasteiger charge is 2.16. The third kappa shape index (κ3) is 4.34. The number of aryl methyl sites for hydroxylation is 1. The molecule has 2 heterocycles. The highest BCUT2D eigenvalue weighted by atomic mass is 32.2. The molecule has 0 aliphatic carbocycles. The number of halogens is 1. The number of rotatable bonds is 6. The molecule has 0 amide bonds. The van der Waals surface area contributed by atoms with Gasteiger partial charge in [-0.1, -0.05) is 18.2 Å². The molecule has 0 unspecified atom stereocenters. The molecule has 0 aliphatic rings. The van der Waals surface area contributed by atoms with E-state index in [1.807, 2.05) is 6.92 Å². The quantitative estimate of drug-likeness (QED) is 0.681. The number of hydrogen-bond acceptors (Lipinski definition) is 5. The first kappa shape index (κ1) is 17.4. The minimum Gasteiger partial charge on any atom is -0.380 e. The third-order valence-electron chi connectivity index (χ3n) is 3.42. The van der Waals surface area contributed by atoms with Crippen molar-refractivity contribution in [3.8, 4) is 0 Å². The molecule has 2 aromatic heterocycles. The van der Waals surface area contributed by atoms with E-state index in [4.69, 9.17) is 0 Å². The maximum absolute atomic E-state index is 13.6. The van der Waals surface area contributed by atoms with E-state index in [0.29, 0.717) is 17.8 Å². The van der Waals surface area contributed by atoms with E-state index >= 15 is 0 Å². The van der Waals surface area contributed by atoms with Crippen molar-refractivity contribution in [3.63, 3.8) is 0 Å². The van der Waals surface area contributed by atoms with E-state index in [-0.39, 0.29) is 15.8 Å². The van der Waals surface area contributed by atoms with Crippen molar-refractivity contribution < 1.29 is 12.8 Å². The van der Waals surface area contributed by atoms with Gasteiger partial charge in [-0.05, 0) is 37.3 Å². The van der Waals surface area contributed by atoms with Crippen LogP contribution in [0.2, 0.25) is 0 Å². The lowest BCUT2D eigenvalue weighted by Gasteiger charge is -2.09. The molecule has 3 rings (SSSR count). The van der Waals surface area contributed by atoms with E-state index in [1.165, 1.54) is 23.6 Å². The Morgan fingerprint density at radius 2 is 1.92 bits per heavy atom. The fourth-order valence-corrected chi connectivity index (χ4v) is 4.43. The highest BCUT2D eigenvalue weighted by Crippen LogP contribution is 2.23. The van der Waals surface area contributed by atoms with Crippen LogP contribution in [0.1, 0.15) is 10.4 Å². The van der Waals surface area contributed by atoms with Gasteiger partial charge in [0.2, 0.25) is 0 Å². The molecule has 0 bridgehead atoms. The number of hydrogen-bond donors (Lipinski definition) is 2. The van der Waals surface area contributed by atoms with Gasteiger partial charge in [-0.3, -0.25) is 4.72 Å². The monoisotopic (exact) mass is 377 g/mol. The maximum atomic E-state index is 13.6. The molecular formula is C17H16FN3O2S2. The van der Waals surface area contributed by atoms with Crippen LogP contribution in [0.25, 0.3) is 0 Å². The Kier molecular flexibility index (Phi) is 5.00. The largest absolute Gasteiger partial charge is 0.380 e. The summed E-state index contributed by atoms with van der Waals surface area (Å²) >= 11 is 1.20. The van der Waals surface area contributed by atoms with E-state index < -0.39 is 10.0 Å². The molecule has 5 nitrogen and oxygen atoms in total. The van der Waals surface area contributed by atoms with Crippen molar-refractivity contribution in [1.82, 2.24) is 4.98 Å². The van der Waals surface area contributed by atoms with Gasteiger partial charge >= 0.3 is 0 Å². The summed E-state index contributed by atoms with van der Waals surface area (Å²) < 4.78 is 40.8. The maximum Gasteiger partial charge on any atom is 0.272 e. The number of pyridine rings is 1. The van der Waals surface area contributed by atoms with Crippen LogP contribution in [0, 0.1) is 12.7 Å². The summed E-state index contributed by atoms with van der Waals surface area (Å²) in [7, 11) is -3.63. The first-order chi connectivity index (χ1) is 11.9. The fraction of sp³-hybridized carbons (Fsp3) is 0.118. The lowest BCUT2D eigenvalue weighted by Crippen LogP contribution is -2.12. The van der Waals surface area contributed by atoms with Crippen LogP contribution >= 0.6 is 11.3 Å². The molecule has 0 aliphatic heterocycles. The molecule has 130 valence electrons. The van der Waals surface area contributed by atoms with Crippen molar-refractivity contribution in [2.24, 2.45) is 0 Å². The second-order valence-corrected chi connectivity index (χ2v) is 8.54. The fourth-order valence-electron chi connectivity index (χ4n) is 2.14. The zero-order valence-electron chi connectivity index (χ0n) is 13.4. The van der Waals surface area contributed by atoms with Crippen LogP contribution in [0.15, 0.2) is 58.9 Å². The Balaban J connectivity index is 1.65. The molecule has 2 N–H and O–H groups in total. The number of anilines is 2. The Hall–Kier alpha value is -2.45. The number of thiophene rings is 1. The van der Waals surface area contributed by atoms with Crippen molar-refractivity contribution in [3.05, 3.63) is 71.0 Å². The molecule has 0 radical (unpaired) electrons. The Morgan fingerprint density at radius 1 is 1.12 bits per heavy atom. The van der Waals surface area contributed by atoms with Crippen molar-refractivity contribution in [2.45, 2.75) is 17.7 Å². The van der Waals surface area contributed by atoms with Crippen LogP contribution in [-0.2, 0) is 16.6 Å². The number of nitrogens with one attached hydrogen (secondary N) is 2. The average molecular weight is 377 g/mol. The predicted molar refractivity (Wildman–Crippen MR) is 97.8 cm³/mol. The van der Waals surface area contributed by atoms with Gasteiger partial charge in [-0.25, -0.2) is 17.8 Å². The molecule has 0 saturated heterocycles. The van der Waals surface area contributed by atoms with Gasteiger partial charge in [-0.15, -0.1) is 11.3 Å². The van der Waals surface area contributed by atoms with Crippen molar-refractivity contribution >= 4 is 32.9 Å². The second kappa shape index (κ2) is 7.20. The summed E-state index contributed by atoms with van der Waals surface area (Å²) in [6.07, 6.45) is 1.50. The minimum absolute atomic E-state index is 0.225. The highest BCUT2D eigenvalue weighted by molar-refractivity contribution is 7.94. The molecule has 0 atom stereocenters. The van der Waals surface area contributed by atoms with Crippen LogP contribution in [-0.4, -0.2) is 13.4 Å². The number of sulfonamides is 1. The summed E-state index contributed by atoms with van der Waals surface area (Å²) in [5.74, 6) is -0.0546. The summed E-state index contributed by atoms with van der Waals surface area (Å²) in [5.41, 5.74) is 1.21. The van der Waals surface area contributed by atoms with Gasteiger partial charge in [0, 0.05) is 17.0 Å². The SMILES string of the molecule is Cc1ccc(S(=O)(=O)Nc2ccc(NCc3ccccc3F)cn2)s1. The average Bonchev–Trinajstić information content (AvgIpc) is 3.03. The molecule has 0 spiro atoms. The normalized spacial score (nSPS) is 11.3. The van der Waals surface area contributed by atoms with Gasteiger partial charge < -0.3 is 5.32 Å². The topological polar surface area (TPSA) is 71.1 Å². The van der Waals surface area contributed by atoms with Gasteiger partial charge in [0.25, 0.3) is 10.0 Å². The summed E-state index contributed by atoms with van der Waals surface area (Å²) in [4.78, 5) is 5.01. The molecule has 0 saturated carbocycles. The van der Waals surface area contributed by atoms with Gasteiger partial charge in [-0.2, -0.15) is 0 Å². The molecule has 8 heteroatoms. The van der Waals surface area contributed by atoms with Gasteiger partial charge in [0.15, 0.2) is 0 Å². The van der Waals surface area contributed by atoms with Crippen LogP contribution in [0.5, 0.6) is 0 Å². The lowest BCUT2D eigenvalue weighted by atomic mass is 10.2. The van der Waals surface area contributed by atoms with Gasteiger partial charge in [0.1, 0.15) is 15.8 Å². The Labute approximate surface area is 149 Å². The Bertz CT molecular complexity index is 970. The predicted octanol–water partition coefficient (Wildman–Crippen LogP) is 4.00. The molecule has 1 aromatic carbocycles. The second-order valence-electron chi connectivity index (χ2n) is 5.35. The van der Waals surface area contributed by atoms with Crippen LogP contribution in [0.4, 0.5) is 15.9 Å². The third-order valence-corrected chi connectivity index (χ3v) is 6.27. The van der Waals surface area contributed by atoms with E-state index in [1.54, 1.807) is 42.5 Å². The van der Waals surface area contributed by atoms with Crippen molar-refractivity contribution in [1.29, 1.82) is 0 Å². The Morgan fingerprint density at radius 3 is 2.56 bits per heavy atom. The van der Waals surface area contributed by atoms with E-state index in [2.05, 4.69) is 15.0 Å². The number of nitrogens with zero attached hydrogens (tertiary/aromatic N) is 1. The molecule has 0 fully saturated rings. The summed E-state index contributed by atoms with van der Waals surface area (Å²) in [5, 5.41) is 3.05. The standard InChI is InChI=1S/C17H16FN3O2S2/c1-12-6-9-17(24-12)25(22,23)21-16-8-7-14(11-20-16)19-10-13-4-2-3-5-15(13)18/h2-9,11,19H,10H2,1H3,(H,20,21). The zero-order valence-corrected chi connectivity index (χ0v) is 15.0. The summed E-state index contributed by atoms with van der Waals surface area (Å²) in [6, 6.07) is 13.1. The van der Waals surface area contributed by atoms with Crippen LogP contribution in [0.3, 0.4) is 0 Å². The minimum atomic E-state index is -3.63. The zero-order chi connectivity index (χ0) is 17.9. The number of benzene rings is 1. The van der Waals surface area contributed by atoms with E-state index in [9.17, 15) is 12.8 Å². The first-order valence-electron chi connectivity index (χ1n) is 7.47. The number of aromatic nitrogens is 1. The lowest BCUT2D eigenvalue weighted by molar-refractivity contribution is 0.603. The smallest absolute Gasteiger partial charge is 0.272 e. The van der Waals surface area contributed by atoms with Gasteiger partial charge in [0.05, 0.1) is 11.9 Å². The molecule has 25 heavy (non-hydrogen) atoms. The molecule has 3 aromatic rings. The van der Waals surface area contributed by atoms with Crippen LogP contribution < -0.4 is 10.0 Å². The van der Waals surface area contributed by atoms with E-state index in [0.717, 1.165) is 4.88 Å². The summed E-state index contributed by atoms with van der Waals surface area (Å²) in [6.45, 7) is 2.16.